The third-order valence-electron chi connectivity index (χ3n) is 3.28. The van der Waals surface area contributed by atoms with Crippen LogP contribution in [0.4, 0.5) is 5.69 Å². The van der Waals surface area contributed by atoms with Crippen LogP contribution in [0.15, 0.2) is 46.5 Å². The summed E-state index contributed by atoms with van der Waals surface area (Å²) in [6.07, 6.45) is 0. The summed E-state index contributed by atoms with van der Waals surface area (Å²) < 4.78 is 5.32. The molecule has 1 heterocycles. The molecular formula is C16H16ClN3OS. The molecule has 0 amide bonds. The van der Waals surface area contributed by atoms with Gasteiger partial charge in [-0.25, -0.2) is 4.98 Å². The smallest absolute Gasteiger partial charge is 0.171 e. The van der Waals surface area contributed by atoms with Crippen molar-refractivity contribution in [2.75, 3.05) is 26.1 Å². The van der Waals surface area contributed by atoms with Crippen LogP contribution < -0.4 is 9.64 Å². The molecule has 0 saturated heterocycles. The largest absolute Gasteiger partial charge is 0.497 e. The number of aromatic nitrogens is 2. The van der Waals surface area contributed by atoms with E-state index in [0.717, 1.165) is 32.5 Å². The third kappa shape index (κ3) is 3.00. The molecule has 0 aliphatic rings. The second-order valence-electron chi connectivity index (χ2n) is 5.03. The molecule has 3 rings (SSSR count). The molecule has 0 radical (unpaired) electrons. The Kier molecular flexibility index (Phi) is 4.18. The number of anilines is 1. The maximum atomic E-state index is 6.01. The minimum absolute atomic E-state index is 0.686. The zero-order chi connectivity index (χ0) is 15.7. The lowest BCUT2D eigenvalue weighted by molar-refractivity contribution is 0.413. The van der Waals surface area contributed by atoms with Crippen molar-refractivity contribution in [2.24, 2.45) is 0 Å². The van der Waals surface area contributed by atoms with Gasteiger partial charge in [-0.1, -0.05) is 11.6 Å². The predicted octanol–water partition coefficient (Wildman–Crippen LogP) is 4.44. The highest BCUT2D eigenvalue weighted by Gasteiger charge is 2.11. The van der Waals surface area contributed by atoms with Gasteiger partial charge >= 0.3 is 0 Å². The Morgan fingerprint density at radius 1 is 1.18 bits per heavy atom. The second kappa shape index (κ2) is 6.10. The Bertz CT molecular complexity index is 816. The van der Waals surface area contributed by atoms with E-state index < -0.39 is 0 Å². The lowest BCUT2D eigenvalue weighted by Crippen LogP contribution is -2.09. The number of nitrogens with zero attached hydrogens (tertiary/aromatic N) is 2. The van der Waals surface area contributed by atoms with E-state index in [1.54, 1.807) is 18.9 Å². The molecule has 1 N–H and O–H groups in total. The van der Waals surface area contributed by atoms with Gasteiger partial charge in [0.25, 0.3) is 0 Å². The maximum Gasteiger partial charge on any atom is 0.171 e. The van der Waals surface area contributed by atoms with Crippen LogP contribution in [0.5, 0.6) is 5.75 Å². The van der Waals surface area contributed by atoms with Crippen molar-refractivity contribution in [1.29, 1.82) is 0 Å². The molecule has 6 heteroatoms. The van der Waals surface area contributed by atoms with Gasteiger partial charge in [0.2, 0.25) is 0 Å². The van der Waals surface area contributed by atoms with Gasteiger partial charge in [-0.3, -0.25) is 0 Å². The molecule has 0 spiro atoms. The van der Waals surface area contributed by atoms with Crippen LogP contribution >= 0.6 is 23.4 Å². The molecule has 1 aromatic heterocycles. The highest BCUT2D eigenvalue weighted by molar-refractivity contribution is 7.99. The molecule has 2 aromatic carbocycles. The van der Waals surface area contributed by atoms with E-state index in [-0.39, 0.29) is 0 Å². The number of imidazole rings is 1. The number of nitrogens with one attached hydrogen (secondary N) is 1. The standard InChI is InChI=1S/C16H16ClN3OS/c1-20(2)14-7-5-11(21-3)9-15(14)22-16-18-12-6-4-10(17)8-13(12)19-16/h4-9H,1-3H3,(H,18,19). The van der Waals surface area contributed by atoms with Crippen LogP contribution in [-0.2, 0) is 0 Å². The Labute approximate surface area is 138 Å². The van der Waals surface area contributed by atoms with Gasteiger partial charge in [-0.05, 0) is 48.2 Å². The highest BCUT2D eigenvalue weighted by Crippen LogP contribution is 2.36. The first-order chi connectivity index (χ1) is 10.6. The SMILES string of the molecule is COc1ccc(N(C)C)c(Sc2nc3cc(Cl)ccc3[nH]2)c1. The number of hydrogen-bond donors (Lipinski definition) is 1. The topological polar surface area (TPSA) is 41.1 Å². The van der Waals surface area contributed by atoms with E-state index in [4.69, 9.17) is 16.3 Å². The summed E-state index contributed by atoms with van der Waals surface area (Å²) in [4.78, 5) is 11.0. The fraction of sp³-hybridized carbons (Fsp3) is 0.188. The number of hydrogen-bond acceptors (Lipinski definition) is 4. The predicted molar refractivity (Wildman–Crippen MR) is 92.5 cm³/mol. The first-order valence-corrected chi connectivity index (χ1v) is 7.95. The van der Waals surface area contributed by atoms with Crippen molar-refractivity contribution in [2.45, 2.75) is 10.1 Å². The number of methoxy groups -OCH3 is 1. The molecule has 0 aliphatic heterocycles. The van der Waals surface area contributed by atoms with E-state index in [2.05, 4.69) is 14.9 Å². The van der Waals surface area contributed by atoms with Crippen LogP contribution in [0.1, 0.15) is 0 Å². The molecular weight excluding hydrogens is 318 g/mol. The van der Waals surface area contributed by atoms with Crippen molar-refractivity contribution in [3.63, 3.8) is 0 Å². The molecule has 0 bridgehead atoms. The van der Waals surface area contributed by atoms with Gasteiger partial charge in [-0.15, -0.1) is 0 Å². The Balaban J connectivity index is 1.99. The third-order valence-corrected chi connectivity index (χ3v) is 4.45. The zero-order valence-electron chi connectivity index (χ0n) is 12.6. The van der Waals surface area contributed by atoms with Gasteiger partial charge in [0, 0.05) is 24.0 Å². The van der Waals surface area contributed by atoms with Gasteiger partial charge < -0.3 is 14.6 Å². The molecule has 22 heavy (non-hydrogen) atoms. The highest BCUT2D eigenvalue weighted by atomic mass is 35.5. The summed E-state index contributed by atoms with van der Waals surface area (Å²) in [6.45, 7) is 0. The second-order valence-corrected chi connectivity index (χ2v) is 6.50. The Morgan fingerprint density at radius 2 is 2.00 bits per heavy atom. The number of rotatable bonds is 4. The monoisotopic (exact) mass is 333 g/mol. The lowest BCUT2D eigenvalue weighted by atomic mass is 10.3. The van der Waals surface area contributed by atoms with Crippen LogP contribution in [0.3, 0.4) is 0 Å². The summed E-state index contributed by atoms with van der Waals surface area (Å²) >= 11 is 7.58. The van der Waals surface area contributed by atoms with E-state index in [0.29, 0.717) is 5.02 Å². The van der Waals surface area contributed by atoms with Gasteiger partial charge in [-0.2, -0.15) is 0 Å². The minimum Gasteiger partial charge on any atom is -0.497 e. The van der Waals surface area contributed by atoms with Crippen molar-refractivity contribution in [3.8, 4) is 5.75 Å². The molecule has 0 aliphatic carbocycles. The fourth-order valence-electron chi connectivity index (χ4n) is 2.18. The van der Waals surface area contributed by atoms with E-state index >= 15 is 0 Å². The molecule has 0 saturated carbocycles. The number of H-pyrrole nitrogens is 1. The molecule has 0 atom stereocenters. The fourth-order valence-corrected chi connectivity index (χ4v) is 3.39. The van der Waals surface area contributed by atoms with Crippen molar-refractivity contribution in [1.82, 2.24) is 9.97 Å². The van der Waals surface area contributed by atoms with Crippen molar-refractivity contribution < 1.29 is 4.74 Å². The van der Waals surface area contributed by atoms with E-state index in [1.807, 2.05) is 50.5 Å². The minimum atomic E-state index is 0.686. The molecule has 3 aromatic rings. The summed E-state index contributed by atoms with van der Waals surface area (Å²) in [7, 11) is 5.71. The first-order valence-electron chi connectivity index (χ1n) is 6.75. The Morgan fingerprint density at radius 3 is 2.73 bits per heavy atom. The van der Waals surface area contributed by atoms with E-state index in [1.165, 1.54) is 0 Å². The average Bonchev–Trinajstić information content (AvgIpc) is 2.88. The number of ether oxygens (including phenoxy) is 1. The van der Waals surface area contributed by atoms with Crippen molar-refractivity contribution in [3.05, 3.63) is 41.4 Å². The number of aromatic amines is 1. The van der Waals surface area contributed by atoms with Crippen molar-refractivity contribution >= 4 is 40.1 Å². The van der Waals surface area contributed by atoms with E-state index in [9.17, 15) is 0 Å². The summed E-state index contributed by atoms with van der Waals surface area (Å²) in [5.74, 6) is 0.826. The summed E-state index contributed by atoms with van der Waals surface area (Å²) in [6, 6.07) is 11.7. The van der Waals surface area contributed by atoms with Crippen LogP contribution in [0.2, 0.25) is 5.02 Å². The number of fused-ring (bicyclic) bond motifs is 1. The van der Waals surface area contributed by atoms with Gasteiger partial charge in [0.05, 0.1) is 23.8 Å². The zero-order valence-corrected chi connectivity index (χ0v) is 14.1. The maximum absolute atomic E-state index is 6.01. The molecule has 114 valence electrons. The summed E-state index contributed by atoms with van der Waals surface area (Å²) in [5.41, 5.74) is 2.95. The van der Waals surface area contributed by atoms with Crippen LogP contribution in [-0.4, -0.2) is 31.2 Å². The quantitative estimate of drug-likeness (QED) is 0.766. The molecule has 0 unspecified atom stereocenters. The average molecular weight is 334 g/mol. The summed E-state index contributed by atoms with van der Waals surface area (Å²) in [5, 5.41) is 1.51. The van der Waals surface area contributed by atoms with Gasteiger partial charge in [0.15, 0.2) is 5.16 Å². The molecule has 0 fully saturated rings. The normalized spacial score (nSPS) is 10.9. The first kappa shape index (κ1) is 15.1. The lowest BCUT2D eigenvalue weighted by Gasteiger charge is -2.17. The Hall–Kier alpha value is -1.85. The van der Waals surface area contributed by atoms with Crippen LogP contribution in [0, 0.1) is 0 Å². The van der Waals surface area contributed by atoms with Gasteiger partial charge in [0.1, 0.15) is 5.75 Å². The molecule has 4 nitrogen and oxygen atoms in total. The van der Waals surface area contributed by atoms with Crippen LogP contribution in [0.25, 0.3) is 11.0 Å². The number of benzene rings is 2. The number of halogens is 1.